The molecule has 106 valence electrons. The quantitative estimate of drug-likeness (QED) is 0.932. The highest BCUT2D eigenvalue weighted by molar-refractivity contribution is 5.31. The molecule has 20 heavy (non-hydrogen) atoms. The zero-order valence-corrected chi connectivity index (χ0v) is 12.1. The van der Waals surface area contributed by atoms with Crippen LogP contribution in [0.25, 0.3) is 0 Å². The number of aryl methyl sites for hydroxylation is 2. The lowest BCUT2D eigenvalue weighted by atomic mass is 9.99. The number of aromatic nitrogens is 2. The van der Waals surface area contributed by atoms with Gasteiger partial charge in [0.1, 0.15) is 0 Å². The molecule has 0 aliphatic heterocycles. The van der Waals surface area contributed by atoms with Crippen molar-refractivity contribution >= 4 is 0 Å². The van der Waals surface area contributed by atoms with E-state index in [9.17, 15) is 0 Å². The van der Waals surface area contributed by atoms with E-state index in [2.05, 4.69) is 42.2 Å². The third-order valence-electron chi connectivity index (χ3n) is 4.32. The van der Waals surface area contributed by atoms with Crippen LogP contribution in [0.4, 0.5) is 0 Å². The van der Waals surface area contributed by atoms with Crippen molar-refractivity contribution in [3.8, 4) is 0 Å². The van der Waals surface area contributed by atoms with Crippen LogP contribution in [-0.2, 0) is 12.0 Å². The number of nitrogens with two attached hydrogens (primary N) is 1. The topological polar surface area (TPSA) is 64.9 Å². The molecule has 0 amide bonds. The average molecular weight is 271 g/mol. The summed E-state index contributed by atoms with van der Waals surface area (Å²) in [5.74, 6) is 1.33. The van der Waals surface area contributed by atoms with Gasteiger partial charge in [0.15, 0.2) is 5.82 Å². The fourth-order valence-corrected chi connectivity index (χ4v) is 2.84. The third kappa shape index (κ3) is 2.48. The van der Waals surface area contributed by atoms with E-state index < -0.39 is 5.54 Å². The first-order valence-corrected chi connectivity index (χ1v) is 7.25. The molecule has 2 N–H and O–H groups in total. The molecular formula is C16H21N3O. The second kappa shape index (κ2) is 5.02. The van der Waals surface area contributed by atoms with Crippen LogP contribution in [0, 0.1) is 13.8 Å². The van der Waals surface area contributed by atoms with Crippen molar-refractivity contribution < 1.29 is 4.52 Å². The molecule has 1 fully saturated rings. The highest BCUT2D eigenvalue weighted by atomic mass is 16.5. The molecule has 1 heterocycles. The molecule has 1 aromatic heterocycles. The Bertz CT molecular complexity index is 612. The molecule has 0 saturated heterocycles. The molecule has 3 rings (SSSR count). The van der Waals surface area contributed by atoms with E-state index in [-0.39, 0.29) is 0 Å². The number of benzene rings is 1. The van der Waals surface area contributed by atoms with Crippen LogP contribution >= 0.6 is 0 Å². The van der Waals surface area contributed by atoms with Gasteiger partial charge in [-0.3, -0.25) is 0 Å². The maximum absolute atomic E-state index is 6.33. The zero-order valence-electron chi connectivity index (χ0n) is 12.1. The fraction of sp³-hybridized carbons (Fsp3) is 0.500. The molecule has 0 bridgehead atoms. The van der Waals surface area contributed by atoms with Crippen LogP contribution in [0.5, 0.6) is 0 Å². The van der Waals surface area contributed by atoms with Crippen LogP contribution in [0.3, 0.4) is 0 Å². The van der Waals surface area contributed by atoms with Crippen LogP contribution < -0.4 is 5.73 Å². The predicted octanol–water partition coefficient (Wildman–Crippen LogP) is 3.01. The van der Waals surface area contributed by atoms with Crippen molar-refractivity contribution in [2.75, 3.05) is 0 Å². The van der Waals surface area contributed by atoms with Crippen molar-refractivity contribution in [3.05, 3.63) is 46.6 Å². The van der Waals surface area contributed by atoms with Gasteiger partial charge >= 0.3 is 0 Å². The molecule has 1 aliphatic rings. The standard InChI is InChI=1S/C16H21N3O/c1-11-5-6-13(9-12(11)2)10-14-18-15(20-19-14)16(17)7-3-4-8-16/h5-6,9H,3-4,7-8,10,17H2,1-2H3. The minimum Gasteiger partial charge on any atom is -0.337 e. The summed E-state index contributed by atoms with van der Waals surface area (Å²) in [6, 6.07) is 6.43. The summed E-state index contributed by atoms with van der Waals surface area (Å²) in [7, 11) is 0. The van der Waals surface area contributed by atoms with Gasteiger partial charge in [-0.2, -0.15) is 4.98 Å². The van der Waals surface area contributed by atoms with Crippen molar-refractivity contribution in [1.29, 1.82) is 0 Å². The van der Waals surface area contributed by atoms with Crippen molar-refractivity contribution in [2.45, 2.75) is 51.5 Å². The monoisotopic (exact) mass is 271 g/mol. The Morgan fingerprint density at radius 2 is 1.95 bits per heavy atom. The summed E-state index contributed by atoms with van der Waals surface area (Å²) >= 11 is 0. The molecule has 2 aromatic rings. The van der Waals surface area contributed by atoms with Crippen LogP contribution in [0.2, 0.25) is 0 Å². The molecule has 1 aromatic carbocycles. The van der Waals surface area contributed by atoms with Gasteiger partial charge in [0.25, 0.3) is 0 Å². The lowest BCUT2D eigenvalue weighted by Crippen LogP contribution is -2.33. The number of hydrogen-bond acceptors (Lipinski definition) is 4. The van der Waals surface area contributed by atoms with E-state index in [1.165, 1.54) is 16.7 Å². The normalized spacial score (nSPS) is 17.6. The first-order chi connectivity index (χ1) is 9.57. The highest BCUT2D eigenvalue weighted by Gasteiger charge is 2.36. The van der Waals surface area contributed by atoms with E-state index in [0.717, 1.165) is 31.5 Å². The largest absolute Gasteiger partial charge is 0.337 e. The van der Waals surface area contributed by atoms with Gasteiger partial charge < -0.3 is 10.3 Å². The second-order valence-corrected chi connectivity index (χ2v) is 5.97. The van der Waals surface area contributed by atoms with Crippen LogP contribution in [-0.4, -0.2) is 10.1 Å². The molecule has 0 radical (unpaired) electrons. The molecule has 4 heteroatoms. The van der Waals surface area contributed by atoms with Gasteiger partial charge in [-0.1, -0.05) is 36.2 Å². The molecular weight excluding hydrogens is 250 g/mol. The fourth-order valence-electron chi connectivity index (χ4n) is 2.84. The first-order valence-electron chi connectivity index (χ1n) is 7.25. The Morgan fingerprint density at radius 1 is 1.20 bits per heavy atom. The molecule has 0 unspecified atom stereocenters. The molecule has 0 spiro atoms. The first kappa shape index (κ1) is 13.3. The Balaban J connectivity index is 1.78. The Morgan fingerprint density at radius 3 is 2.65 bits per heavy atom. The van der Waals surface area contributed by atoms with Gasteiger partial charge in [-0.25, -0.2) is 0 Å². The summed E-state index contributed by atoms with van der Waals surface area (Å²) in [6.07, 6.45) is 4.87. The SMILES string of the molecule is Cc1ccc(Cc2noc(C3(N)CCCC3)n2)cc1C. The maximum atomic E-state index is 6.33. The van der Waals surface area contributed by atoms with Gasteiger partial charge in [-0.15, -0.1) is 0 Å². The van der Waals surface area contributed by atoms with E-state index in [0.29, 0.717) is 12.3 Å². The minimum atomic E-state index is -0.394. The number of rotatable bonds is 3. The summed E-state index contributed by atoms with van der Waals surface area (Å²) in [5.41, 5.74) is 9.74. The zero-order chi connectivity index (χ0) is 14.2. The number of nitrogens with zero attached hydrogens (tertiary/aromatic N) is 2. The van der Waals surface area contributed by atoms with Gasteiger partial charge in [0.05, 0.1) is 5.54 Å². The molecule has 4 nitrogen and oxygen atoms in total. The van der Waals surface area contributed by atoms with E-state index in [1.807, 2.05) is 0 Å². The van der Waals surface area contributed by atoms with Gasteiger partial charge in [-0.05, 0) is 43.4 Å². The third-order valence-corrected chi connectivity index (χ3v) is 4.32. The molecule has 0 atom stereocenters. The van der Waals surface area contributed by atoms with E-state index in [4.69, 9.17) is 10.3 Å². The summed E-state index contributed by atoms with van der Waals surface area (Å²) in [4.78, 5) is 4.51. The highest BCUT2D eigenvalue weighted by Crippen LogP contribution is 2.35. The lowest BCUT2D eigenvalue weighted by molar-refractivity contribution is 0.284. The van der Waals surface area contributed by atoms with Crippen LogP contribution in [0.15, 0.2) is 22.7 Å². The summed E-state index contributed by atoms with van der Waals surface area (Å²) < 4.78 is 5.39. The smallest absolute Gasteiger partial charge is 0.246 e. The average Bonchev–Trinajstić information content (AvgIpc) is 3.04. The van der Waals surface area contributed by atoms with Gasteiger partial charge in [0.2, 0.25) is 5.89 Å². The van der Waals surface area contributed by atoms with Crippen molar-refractivity contribution in [3.63, 3.8) is 0 Å². The Hall–Kier alpha value is -1.68. The van der Waals surface area contributed by atoms with Crippen molar-refractivity contribution in [2.24, 2.45) is 5.73 Å². The Kier molecular flexibility index (Phi) is 3.34. The Labute approximate surface area is 119 Å². The van der Waals surface area contributed by atoms with E-state index >= 15 is 0 Å². The van der Waals surface area contributed by atoms with E-state index in [1.54, 1.807) is 0 Å². The second-order valence-electron chi connectivity index (χ2n) is 5.97. The molecule has 1 saturated carbocycles. The summed E-state index contributed by atoms with van der Waals surface area (Å²) in [5, 5.41) is 4.09. The molecule has 1 aliphatic carbocycles. The number of hydrogen-bond donors (Lipinski definition) is 1. The summed E-state index contributed by atoms with van der Waals surface area (Å²) in [6.45, 7) is 4.23. The minimum absolute atomic E-state index is 0.394. The predicted molar refractivity (Wildman–Crippen MR) is 77.4 cm³/mol. The maximum Gasteiger partial charge on any atom is 0.246 e. The van der Waals surface area contributed by atoms with Crippen LogP contribution in [0.1, 0.15) is 54.1 Å². The van der Waals surface area contributed by atoms with Crippen molar-refractivity contribution in [1.82, 2.24) is 10.1 Å². The van der Waals surface area contributed by atoms with Gasteiger partial charge in [0, 0.05) is 6.42 Å². The lowest BCUT2D eigenvalue weighted by Gasteiger charge is -2.17.